The van der Waals surface area contributed by atoms with Crippen molar-refractivity contribution >= 4 is 0 Å². The lowest BCUT2D eigenvalue weighted by molar-refractivity contribution is 0.0689. The van der Waals surface area contributed by atoms with E-state index in [0.717, 1.165) is 18.5 Å². The summed E-state index contributed by atoms with van der Waals surface area (Å²) in [4.78, 5) is 0. The molecule has 1 aliphatic carbocycles. The number of rotatable bonds is 2. The van der Waals surface area contributed by atoms with Gasteiger partial charge in [0.25, 0.3) is 0 Å². The summed E-state index contributed by atoms with van der Waals surface area (Å²) in [5.74, 6) is 0.592. The Morgan fingerprint density at radius 3 is 3.00 bits per heavy atom. The lowest BCUT2D eigenvalue weighted by Gasteiger charge is -2.29. The van der Waals surface area contributed by atoms with Gasteiger partial charge in [0, 0.05) is 19.7 Å². The van der Waals surface area contributed by atoms with E-state index in [1.807, 2.05) is 25.4 Å². The third-order valence-corrected chi connectivity index (χ3v) is 3.02. The zero-order valence-corrected chi connectivity index (χ0v) is 9.35. The summed E-state index contributed by atoms with van der Waals surface area (Å²) in [5.41, 5.74) is 0.278. The number of hydrogen-bond donors (Lipinski definition) is 1. The third-order valence-electron chi connectivity index (χ3n) is 3.02. The first-order chi connectivity index (χ1) is 7.07. The van der Waals surface area contributed by atoms with Gasteiger partial charge in [-0.1, -0.05) is 19.1 Å². The van der Waals surface area contributed by atoms with Crippen LogP contribution in [0.2, 0.25) is 0 Å². The van der Waals surface area contributed by atoms with Gasteiger partial charge in [-0.15, -0.1) is 0 Å². The van der Waals surface area contributed by atoms with E-state index in [1.54, 1.807) is 4.68 Å². The van der Waals surface area contributed by atoms with Gasteiger partial charge in [0.05, 0.1) is 11.3 Å². The van der Waals surface area contributed by atoms with Crippen LogP contribution in [0.1, 0.15) is 25.5 Å². The maximum Gasteiger partial charge on any atom is 0.0883 e. The molecule has 0 saturated heterocycles. The van der Waals surface area contributed by atoms with Crippen LogP contribution in [0.3, 0.4) is 0 Å². The molecule has 2 rings (SSSR count). The lowest BCUT2D eigenvalue weighted by atomic mass is 9.83. The Balaban J connectivity index is 2.08. The van der Waals surface area contributed by atoms with E-state index in [0.29, 0.717) is 12.3 Å². The molecule has 0 radical (unpaired) electrons. The largest absolute Gasteiger partial charge is 0.385 e. The molecule has 2 unspecified atom stereocenters. The van der Waals surface area contributed by atoms with Crippen molar-refractivity contribution in [3.05, 3.63) is 30.1 Å². The monoisotopic (exact) mass is 206 g/mol. The fraction of sp³-hybridized carbons (Fsp3) is 0.583. The highest BCUT2D eigenvalue weighted by Crippen LogP contribution is 2.28. The Bertz CT molecular complexity index is 369. The Labute approximate surface area is 90.4 Å². The minimum absolute atomic E-state index is 0.592. The molecule has 1 aromatic heterocycles. The topological polar surface area (TPSA) is 38.0 Å². The molecular formula is C12H18N2O. The van der Waals surface area contributed by atoms with Crippen molar-refractivity contribution in [1.82, 2.24) is 9.78 Å². The van der Waals surface area contributed by atoms with E-state index in [-0.39, 0.29) is 0 Å². The lowest BCUT2D eigenvalue weighted by Crippen LogP contribution is -2.32. The van der Waals surface area contributed by atoms with E-state index in [1.165, 1.54) is 0 Å². The summed E-state index contributed by atoms with van der Waals surface area (Å²) in [5, 5.41) is 14.6. The molecule has 1 aliphatic rings. The van der Waals surface area contributed by atoms with E-state index in [2.05, 4.69) is 18.1 Å². The molecular weight excluding hydrogens is 188 g/mol. The maximum absolute atomic E-state index is 10.3. The van der Waals surface area contributed by atoms with E-state index >= 15 is 0 Å². The van der Waals surface area contributed by atoms with Crippen LogP contribution in [0.25, 0.3) is 0 Å². The molecule has 82 valence electrons. The number of hydrogen-bond acceptors (Lipinski definition) is 2. The summed E-state index contributed by atoms with van der Waals surface area (Å²) >= 11 is 0. The zero-order chi connectivity index (χ0) is 10.9. The van der Waals surface area contributed by atoms with Gasteiger partial charge in [-0.25, -0.2) is 0 Å². The van der Waals surface area contributed by atoms with Crippen LogP contribution in [0.4, 0.5) is 0 Å². The van der Waals surface area contributed by atoms with Gasteiger partial charge in [-0.3, -0.25) is 4.68 Å². The predicted octanol–water partition coefficient (Wildman–Crippen LogP) is 1.68. The molecule has 0 aromatic carbocycles. The molecule has 2 atom stereocenters. The van der Waals surface area contributed by atoms with Gasteiger partial charge in [-0.05, 0) is 24.8 Å². The standard InChI is InChI=1S/C12H18N2O/c1-10-3-6-12(15,7-4-10)9-11-5-8-14(2)13-11/h3,5-6,8,10,15H,4,7,9H2,1-2H3. The number of aryl methyl sites for hydroxylation is 1. The van der Waals surface area contributed by atoms with Crippen LogP contribution >= 0.6 is 0 Å². The van der Waals surface area contributed by atoms with Crippen LogP contribution in [-0.4, -0.2) is 20.5 Å². The van der Waals surface area contributed by atoms with Crippen molar-refractivity contribution in [2.45, 2.75) is 31.8 Å². The van der Waals surface area contributed by atoms with Crippen LogP contribution < -0.4 is 0 Å². The van der Waals surface area contributed by atoms with Crippen molar-refractivity contribution in [3.63, 3.8) is 0 Å². The molecule has 0 aliphatic heterocycles. The van der Waals surface area contributed by atoms with Crippen LogP contribution in [0.5, 0.6) is 0 Å². The number of aliphatic hydroxyl groups is 1. The summed E-state index contributed by atoms with van der Waals surface area (Å²) < 4.78 is 1.77. The molecule has 0 spiro atoms. The number of aromatic nitrogens is 2. The van der Waals surface area contributed by atoms with Crippen LogP contribution in [-0.2, 0) is 13.5 Å². The first-order valence-electron chi connectivity index (χ1n) is 5.48. The Morgan fingerprint density at radius 1 is 1.67 bits per heavy atom. The molecule has 1 N–H and O–H groups in total. The van der Waals surface area contributed by atoms with Crippen molar-refractivity contribution in [3.8, 4) is 0 Å². The van der Waals surface area contributed by atoms with Gasteiger partial charge in [-0.2, -0.15) is 5.10 Å². The summed E-state index contributed by atoms with van der Waals surface area (Å²) in [6.45, 7) is 2.18. The fourth-order valence-electron chi connectivity index (χ4n) is 2.02. The molecule has 0 amide bonds. The minimum atomic E-state index is -0.680. The molecule has 0 fully saturated rings. The predicted molar refractivity (Wildman–Crippen MR) is 59.4 cm³/mol. The highest BCUT2D eigenvalue weighted by Gasteiger charge is 2.28. The maximum atomic E-state index is 10.3. The average Bonchev–Trinajstić information content (AvgIpc) is 2.57. The van der Waals surface area contributed by atoms with Crippen molar-refractivity contribution in [2.24, 2.45) is 13.0 Å². The normalized spacial score (nSPS) is 30.7. The Morgan fingerprint density at radius 2 is 2.47 bits per heavy atom. The van der Waals surface area contributed by atoms with Gasteiger partial charge in [0.2, 0.25) is 0 Å². The molecule has 3 nitrogen and oxygen atoms in total. The Hall–Kier alpha value is -1.09. The van der Waals surface area contributed by atoms with E-state index < -0.39 is 5.60 Å². The average molecular weight is 206 g/mol. The summed E-state index contributed by atoms with van der Waals surface area (Å²) in [6.07, 6.45) is 8.47. The smallest absolute Gasteiger partial charge is 0.0883 e. The first-order valence-corrected chi connectivity index (χ1v) is 5.48. The fourth-order valence-corrected chi connectivity index (χ4v) is 2.02. The molecule has 0 saturated carbocycles. The van der Waals surface area contributed by atoms with Crippen molar-refractivity contribution in [2.75, 3.05) is 0 Å². The second-order valence-corrected chi connectivity index (χ2v) is 4.64. The number of nitrogens with zero attached hydrogens (tertiary/aromatic N) is 2. The molecule has 3 heteroatoms. The SMILES string of the molecule is CC1C=CC(O)(Cc2ccn(C)n2)CC1. The quantitative estimate of drug-likeness (QED) is 0.748. The van der Waals surface area contributed by atoms with Gasteiger partial charge >= 0.3 is 0 Å². The zero-order valence-electron chi connectivity index (χ0n) is 9.35. The second kappa shape index (κ2) is 3.81. The second-order valence-electron chi connectivity index (χ2n) is 4.64. The molecule has 1 heterocycles. The highest BCUT2D eigenvalue weighted by atomic mass is 16.3. The highest BCUT2D eigenvalue weighted by molar-refractivity contribution is 5.13. The molecule has 0 bridgehead atoms. The van der Waals surface area contributed by atoms with Crippen LogP contribution in [0, 0.1) is 5.92 Å². The summed E-state index contributed by atoms with van der Waals surface area (Å²) in [7, 11) is 1.90. The van der Waals surface area contributed by atoms with Gasteiger partial charge in [0.15, 0.2) is 0 Å². The van der Waals surface area contributed by atoms with E-state index in [9.17, 15) is 5.11 Å². The van der Waals surface area contributed by atoms with Gasteiger partial charge < -0.3 is 5.11 Å². The number of allylic oxidation sites excluding steroid dienone is 1. The van der Waals surface area contributed by atoms with Crippen molar-refractivity contribution in [1.29, 1.82) is 0 Å². The van der Waals surface area contributed by atoms with Gasteiger partial charge in [0.1, 0.15) is 0 Å². The molecule has 1 aromatic rings. The molecule has 15 heavy (non-hydrogen) atoms. The van der Waals surface area contributed by atoms with Crippen molar-refractivity contribution < 1.29 is 5.11 Å². The summed E-state index contributed by atoms with van der Waals surface area (Å²) in [6, 6.07) is 1.96. The first kappa shape index (κ1) is 10.4. The van der Waals surface area contributed by atoms with Crippen LogP contribution in [0.15, 0.2) is 24.4 Å². The van der Waals surface area contributed by atoms with E-state index in [4.69, 9.17) is 0 Å². The third kappa shape index (κ3) is 2.48. The minimum Gasteiger partial charge on any atom is -0.385 e. The Kier molecular flexibility index (Phi) is 2.65.